The third-order valence-corrected chi connectivity index (χ3v) is 4.31. The van der Waals surface area contributed by atoms with Gasteiger partial charge in [0, 0.05) is 11.7 Å². The lowest BCUT2D eigenvalue weighted by Gasteiger charge is -2.33. The highest BCUT2D eigenvalue weighted by atomic mass is 19.4. The summed E-state index contributed by atoms with van der Waals surface area (Å²) < 4.78 is 44.5. The van der Waals surface area contributed by atoms with Crippen molar-refractivity contribution in [1.29, 1.82) is 0 Å². The van der Waals surface area contributed by atoms with Crippen molar-refractivity contribution in [3.05, 3.63) is 23.8 Å². The van der Waals surface area contributed by atoms with Crippen molar-refractivity contribution in [1.82, 2.24) is 0 Å². The van der Waals surface area contributed by atoms with Crippen molar-refractivity contribution in [3.63, 3.8) is 0 Å². The van der Waals surface area contributed by atoms with Crippen LogP contribution in [0.2, 0.25) is 0 Å². The molecule has 2 atom stereocenters. The highest BCUT2D eigenvalue weighted by Gasteiger charge is 2.35. The minimum Gasteiger partial charge on any atom is -0.497 e. The molecule has 1 aromatic rings. The van der Waals surface area contributed by atoms with Crippen molar-refractivity contribution < 1.29 is 17.9 Å². The molecule has 5 heteroatoms. The Bertz CT molecular complexity index is 473. The molecule has 0 amide bonds. The largest absolute Gasteiger partial charge is 0.497 e. The Hall–Kier alpha value is -1.39. The van der Waals surface area contributed by atoms with E-state index in [1.165, 1.54) is 19.6 Å². The first-order valence-electron chi connectivity index (χ1n) is 7.47. The SMILES string of the molecule is CCC1CCCCC1Nc1ccc(OC)cc1C(F)(F)F. The smallest absolute Gasteiger partial charge is 0.418 e. The summed E-state index contributed by atoms with van der Waals surface area (Å²) in [4.78, 5) is 0. The van der Waals surface area contributed by atoms with E-state index in [2.05, 4.69) is 12.2 Å². The summed E-state index contributed by atoms with van der Waals surface area (Å²) in [5.74, 6) is 0.672. The summed E-state index contributed by atoms with van der Waals surface area (Å²) in [6.07, 6.45) is 0.882. The van der Waals surface area contributed by atoms with Gasteiger partial charge >= 0.3 is 6.18 Å². The van der Waals surface area contributed by atoms with Crippen LogP contribution in [0, 0.1) is 5.92 Å². The number of hydrogen-bond donors (Lipinski definition) is 1. The Labute approximate surface area is 123 Å². The molecule has 118 valence electrons. The standard InChI is InChI=1S/C16H22F3NO/c1-3-11-6-4-5-7-14(11)20-15-9-8-12(21-2)10-13(15)16(17,18)19/h8-11,14,20H,3-7H2,1-2H3. The molecule has 2 nitrogen and oxygen atoms in total. The van der Waals surface area contributed by atoms with E-state index in [1.807, 2.05) is 0 Å². The number of halogens is 3. The van der Waals surface area contributed by atoms with Crippen LogP contribution in [-0.2, 0) is 6.18 Å². The molecule has 21 heavy (non-hydrogen) atoms. The third kappa shape index (κ3) is 3.83. The van der Waals surface area contributed by atoms with Crippen LogP contribution < -0.4 is 10.1 Å². The van der Waals surface area contributed by atoms with Crippen LogP contribution in [-0.4, -0.2) is 13.2 Å². The topological polar surface area (TPSA) is 21.3 Å². The highest BCUT2D eigenvalue weighted by Crippen LogP contribution is 2.39. The van der Waals surface area contributed by atoms with Gasteiger partial charge in [-0.05, 0) is 37.0 Å². The van der Waals surface area contributed by atoms with Crippen molar-refractivity contribution in [2.75, 3.05) is 12.4 Å². The van der Waals surface area contributed by atoms with Crippen molar-refractivity contribution in [2.45, 2.75) is 51.2 Å². The van der Waals surface area contributed by atoms with Crippen LogP contribution in [0.5, 0.6) is 5.75 Å². The molecule has 0 saturated heterocycles. The summed E-state index contributed by atoms with van der Waals surface area (Å²) in [6, 6.07) is 4.23. The van der Waals surface area contributed by atoms with E-state index in [1.54, 1.807) is 6.07 Å². The Morgan fingerprint density at radius 3 is 2.57 bits per heavy atom. The van der Waals surface area contributed by atoms with Gasteiger partial charge in [-0.25, -0.2) is 0 Å². The Morgan fingerprint density at radius 2 is 1.95 bits per heavy atom. The van der Waals surface area contributed by atoms with Gasteiger partial charge in [-0.2, -0.15) is 13.2 Å². The number of benzene rings is 1. The van der Waals surface area contributed by atoms with Crippen molar-refractivity contribution in [3.8, 4) is 5.75 Å². The van der Waals surface area contributed by atoms with E-state index in [0.717, 1.165) is 31.7 Å². The zero-order valence-corrected chi connectivity index (χ0v) is 12.5. The lowest BCUT2D eigenvalue weighted by atomic mass is 9.82. The van der Waals surface area contributed by atoms with Gasteiger partial charge in [-0.1, -0.05) is 26.2 Å². The first-order chi connectivity index (χ1) is 9.95. The zero-order chi connectivity index (χ0) is 15.5. The van der Waals surface area contributed by atoms with Crippen LogP contribution in [0.1, 0.15) is 44.6 Å². The number of alkyl halides is 3. The lowest BCUT2D eigenvalue weighted by Crippen LogP contribution is -2.32. The van der Waals surface area contributed by atoms with Crippen LogP contribution in [0.15, 0.2) is 18.2 Å². The van der Waals surface area contributed by atoms with Crippen LogP contribution in [0.3, 0.4) is 0 Å². The summed E-state index contributed by atoms with van der Waals surface area (Å²) in [7, 11) is 1.37. The predicted molar refractivity (Wildman–Crippen MR) is 77.7 cm³/mol. The van der Waals surface area contributed by atoms with E-state index >= 15 is 0 Å². The molecule has 1 aliphatic carbocycles. The summed E-state index contributed by atoms with van der Waals surface area (Å²) >= 11 is 0. The van der Waals surface area contributed by atoms with Gasteiger partial charge in [0.05, 0.1) is 12.7 Å². The second-order valence-corrected chi connectivity index (χ2v) is 5.61. The van der Waals surface area contributed by atoms with Gasteiger partial charge in [0.15, 0.2) is 0 Å². The van der Waals surface area contributed by atoms with Crippen molar-refractivity contribution >= 4 is 5.69 Å². The minimum atomic E-state index is -4.38. The number of anilines is 1. The Kier molecular flexibility index (Phi) is 5.01. The molecule has 0 spiro atoms. The molecule has 1 N–H and O–H groups in total. The normalized spacial score (nSPS) is 22.9. The third-order valence-electron chi connectivity index (χ3n) is 4.31. The molecular formula is C16H22F3NO. The van der Waals surface area contributed by atoms with Gasteiger partial charge in [0.1, 0.15) is 5.75 Å². The molecule has 0 radical (unpaired) electrons. The van der Waals surface area contributed by atoms with Crippen LogP contribution in [0.4, 0.5) is 18.9 Å². The van der Waals surface area contributed by atoms with Gasteiger partial charge in [-0.15, -0.1) is 0 Å². The van der Waals surface area contributed by atoms with Crippen LogP contribution >= 0.6 is 0 Å². The maximum absolute atomic E-state index is 13.2. The van der Waals surface area contributed by atoms with E-state index in [-0.39, 0.29) is 17.5 Å². The van der Waals surface area contributed by atoms with Gasteiger partial charge < -0.3 is 10.1 Å². The van der Waals surface area contributed by atoms with Crippen LogP contribution in [0.25, 0.3) is 0 Å². The molecular weight excluding hydrogens is 279 g/mol. The number of hydrogen-bond acceptors (Lipinski definition) is 2. The molecule has 2 unspecified atom stereocenters. The molecule has 1 saturated carbocycles. The fraction of sp³-hybridized carbons (Fsp3) is 0.625. The zero-order valence-electron chi connectivity index (χ0n) is 12.5. The quantitative estimate of drug-likeness (QED) is 0.836. The molecule has 1 aromatic carbocycles. The second kappa shape index (κ2) is 6.58. The summed E-state index contributed by atoms with van der Waals surface area (Å²) in [5, 5.41) is 3.13. The number of nitrogens with one attached hydrogen (secondary N) is 1. The molecule has 2 rings (SSSR count). The number of rotatable bonds is 4. The average Bonchev–Trinajstić information content (AvgIpc) is 2.47. The fourth-order valence-electron chi connectivity index (χ4n) is 3.10. The maximum Gasteiger partial charge on any atom is 0.418 e. The first-order valence-corrected chi connectivity index (χ1v) is 7.47. The van der Waals surface area contributed by atoms with E-state index < -0.39 is 11.7 Å². The molecule has 0 aromatic heterocycles. The Morgan fingerprint density at radius 1 is 1.24 bits per heavy atom. The van der Waals surface area contributed by atoms with Crippen molar-refractivity contribution in [2.24, 2.45) is 5.92 Å². The summed E-state index contributed by atoms with van der Waals surface area (Å²) in [5.41, 5.74) is -0.490. The van der Waals surface area contributed by atoms with Gasteiger partial charge in [-0.3, -0.25) is 0 Å². The summed E-state index contributed by atoms with van der Waals surface area (Å²) in [6.45, 7) is 2.10. The highest BCUT2D eigenvalue weighted by molar-refractivity contribution is 5.56. The average molecular weight is 301 g/mol. The first kappa shape index (κ1) is 16.0. The van der Waals surface area contributed by atoms with Gasteiger partial charge in [0.2, 0.25) is 0 Å². The number of ether oxygens (including phenoxy) is 1. The monoisotopic (exact) mass is 301 g/mol. The molecule has 0 aliphatic heterocycles. The molecule has 1 aliphatic rings. The molecule has 1 fully saturated rings. The Balaban J connectivity index is 2.26. The van der Waals surface area contributed by atoms with E-state index in [4.69, 9.17) is 4.74 Å². The fourth-order valence-corrected chi connectivity index (χ4v) is 3.10. The van der Waals surface area contributed by atoms with E-state index in [0.29, 0.717) is 5.92 Å². The lowest BCUT2D eigenvalue weighted by molar-refractivity contribution is -0.137. The predicted octanol–water partition coefficient (Wildman–Crippen LogP) is 5.09. The maximum atomic E-state index is 13.2. The van der Waals surface area contributed by atoms with E-state index in [9.17, 15) is 13.2 Å². The van der Waals surface area contributed by atoms with Gasteiger partial charge in [0.25, 0.3) is 0 Å². The molecule has 0 heterocycles. The second-order valence-electron chi connectivity index (χ2n) is 5.61. The molecule has 0 bridgehead atoms. The number of methoxy groups -OCH3 is 1. The minimum absolute atomic E-state index is 0.123.